The smallest absolute Gasteiger partial charge is 0.187 e. The Kier molecular flexibility index (Phi) is 4.03. The van der Waals surface area contributed by atoms with Crippen molar-refractivity contribution >= 4 is 17.4 Å². The Labute approximate surface area is 116 Å². The highest BCUT2D eigenvalue weighted by molar-refractivity contribution is 6.30. The molecule has 0 saturated carbocycles. The molecule has 0 N–H and O–H groups in total. The summed E-state index contributed by atoms with van der Waals surface area (Å²) in [6, 6.07) is 10.4. The van der Waals surface area contributed by atoms with Crippen LogP contribution in [-0.4, -0.2) is 5.78 Å². The van der Waals surface area contributed by atoms with Crippen LogP contribution in [0.4, 0.5) is 0 Å². The average molecular weight is 274 g/mol. The molecule has 0 aliphatic heterocycles. The van der Waals surface area contributed by atoms with Gasteiger partial charge in [-0.2, -0.15) is 5.26 Å². The van der Waals surface area contributed by atoms with E-state index in [1.807, 2.05) is 13.0 Å². The van der Waals surface area contributed by atoms with Gasteiger partial charge in [-0.05, 0) is 23.8 Å². The van der Waals surface area contributed by atoms with E-state index in [1.54, 1.807) is 30.3 Å². The molecule has 4 heteroatoms. The van der Waals surface area contributed by atoms with Crippen LogP contribution >= 0.6 is 11.6 Å². The molecule has 3 nitrogen and oxygen atoms in total. The van der Waals surface area contributed by atoms with Crippen LogP contribution < -0.4 is 0 Å². The van der Waals surface area contributed by atoms with E-state index in [0.29, 0.717) is 28.3 Å². The van der Waals surface area contributed by atoms with Gasteiger partial charge in [-0.25, -0.2) is 0 Å². The van der Waals surface area contributed by atoms with E-state index in [1.165, 1.54) is 6.26 Å². The molecule has 0 aliphatic carbocycles. The highest BCUT2D eigenvalue weighted by Crippen LogP contribution is 2.24. The van der Waals surface area contributed by atoms with E-state index >= 15 is 0 Å². The van der Waals surface area contributed by atoms with Crippen LogP contribution in [0.15, 0.2) is 41.0 Å². The van der Waals surface area contributed by atoms with Gasteiger partial charge in [0, 0.05) is 11.4 Å². The van der Waals surface area contributed by atoms with Crippen LogP contribution in [0.2, 0.25) is 5.02 Å². The summed E-state index contributed by atoms with van der Waals surface area (Å²) in [6.07, 6.45) is 2.09. The molecule has 0 aliphatic rings. The molecular formula is C15H12ClNO2. The molecule has 96 valence electrons. The maximum absolute atomic E-state index is 12.4. The van der Waals surface area contributed by atoms with Gasteiger partial charge in [0.25, 0.3) is 0 Å². The number of carbonyl (C=O) groups excluding carboxylic acids is 1. The molecule has 2 rings (SSSR count). The van der Waals surface area contributed by atoms with Crippen LogP contribution in [-0.2, 0) is 6.42 Å². The number of nitriles is 1. The Hall–Kier alpha value is -2.05. The minimum absolute atomic E-state index is 0.240. The van der Waals surface area contributed by atoms with Crippen LogP contribution in [0.25, 0.3) is 0 Å². The monoisotopic (exact) mass is 273 g/mol. The van der Waals surface area contributed by atoms with Crippen molar-refractivity contribution in [3.63, 3.8) is 0 Å². The topological polar surface area (TPSA) is 54.0 Å². The average Bonchev–Trinajstić information content (AvgIpc) is 2.90. The quantitative estimate of drug-likeness (QED) is 0.792. The fraction of sp³-hybridized carbons (Fsp3) is 0.200. The molecule has 0 amide bonds. The standard InChI is InChI=1S/C15H12ClNO2/c1-2-14-12(7-8-19-14)15(18)13(9-17)10-3-5-11(16)6-4-10/h3-8,13H,2H2,1H3. The van der Waals surface area contributed by atoms with E-state index in [-0.39, 0.29) is 5.78 Å². The number of halogens is 1. The summed E-state index contributed by atoms with van der Waals surface area (Å²) >= 11 is 5.80. The summed E-state index contributed by atoms with van der Waals surface area (Å²) in [7, 11) is 0. The lowest BCUT2D eigenvalue weighted by atomic mass is 9.92. The van der Waals surface area contributed by atoms with Crippen molar-refractivity contribution in [1.82, 2.24) is 0 Å². The van der Waals surface area contributed by atoms with E-state index in [9.17, 15) is 10.1 Å². The number of rotatable bonds is 4. The molecule has 1 aromatic heterocycles. The number of carbonyl (C=O) groups is 1. The third kappa shape index (κ3) is 2.69. The molecule has 1 aromatic carbocycles. The molecule has 0 bridgehead atoms. The van der Waals surface area contributed by atoms with Crippen molar-refractivity contribution in [2.24, 2.45) is 0 Å². The zero-order valence-corrected chi connectivity index (χ0v) is 11.1. The Morgan fingerprint density at radius 2 is 2.05 bits per heavy atom. The van der Waals surface area contributed by atoms with Crippen molar-refractivity contribution in [3.8, 4) is 6.07 Å². The van der Waals surface area contributed by atoms with Gasteiger partial charge in [0.2, 0.25) is 0 Å². The first-order chi connectivity index (χ1) is 9.17. The van der Waals surface area contributed by atoms with E-state index in [0.717, 1.165) is 0 Å². The third-order valence-corrected chi connectivity index (χ3v) is 3.18. The first-order valence-electron chi connectivity index (χ1n) is 5.93. The first-order valence-corrected chi connectivity index (χ1v) is 6.30. The summed E-state index contributed by atoms with van der Waals surface area (Å²) in [4.78, 5) is 12.4. The maximum atomic E-state index is 12.4. The summed E-state index contributed by atoms with van der Waals surface area (Å²) in [5.41, 5.74) is 1.11. The summed E-state index contributed by atoms with van der Waals surface area (Å²) in [5, 5.41) is 9.82. The lowest BCUT2D eigenvalue weighted by molar-refractivity contribution is 0.0977. The molecule has 19 heavy (non-hydrogen) atoms. The Balaban J connectivity index is 2.35. The van der Waals surface area contributed by atoms with Gasteiger partial charge in [0.05, 0.1) is 17.9 Å². The Morgan fingerprint density at radius 3 is 2.63 bits per heavy atom. The number of Topliss-reactive ketones (excluding diaryl/α,β-unsaturated/α-hetero) is 1. The number of aryl methyl sites for hydroxylation is 1. The fourth-order valence-corrected chi connectivity index (χ4v) is 2.06. The van der Waals surface area contributed by atoms with E-state index < -0.39 is 5.92 Å². The van der Waals surface area contributed by atoms with Crippen LogP contribution in [0, 0.1) is 11.3 Å². The highest BCUT2D eigenvalue weighted by Gasteiger charge is 2.24. The van der Waals surface area contributed by atoms with Crippen molar-refractivity contribution in [2.75, 3.05) is 0 Å². The largest absolute Gasteiger partial charge is 0.469 e. The molecule has 1 atom stereocenters. The minimum atomic E-state index is -0.833. The van der Waals surface area contributed by atoms with Gasteiger partial charge < -0.3 is 4.42 Å². The molecule has 2 aromatic rings. The zero-order valence-electron chi connectivity index (χ0n) is 10.4. The molecular weight excluding hydrogens is 262 g/mol. The number of benzene rings is 1. The second kappa shape index (κ2) is 5.73. The number of furan rings is 1. The normalized spacial score (nSPS) is 11.8. The van der Waals surface area contributed by atoms with Crippen LogP contribution in [0.3, 0.4) is 0 Å². The highest BCUT2D eigenvalue weighted by atomic mass is 35.5. The van der Waals surface area contributed by atoms with Gasteiger partial charge >= 0.3 is 0 Å². The lowest BCUT2D eigenvalue weighted by Crippen LogP contribution is -2.12. The predicted octanol–water partition coefficient (Wildman–Crippen LogP) is 3.99. The van der Waals surface area contributed by atoms with Gasteiger partial charge in [-0.15, -0.1) is 0 Å². The Bertz CT molecular complexity index is 622. The number of ketones is 1. The number of hydrogen-bond donors (Lipinski definition) is 0. The van der Waals surface area contributed by atoms with Crippen molar-refractivity contribution < 1.29 is 9.21 Å². The van der Waals surface area contributed by atoms with Crippen LogP contribution in [0.1, 0.15) is 34.5 Å². The zero-order chi connectivity index (χ0) is 13.8. The van der Waals surface area contributed by atoms with Gasteiger partial charge in [-0.1, -0.05) is 30.7 Å². The van der Waals surface area contributed by atoms with E-state index in [4.69, 9.17) is 16.0 Å². The van der Waals surface area contributed by atoms with Crippen molar-refractivity contribution in [3.05, 3.63) is 58.5 Å². The molecule has 0 spiro atoms. The second-order valence-electron chi connectivity index (χ2n) is 4.09. The molecule has 0 saturated heterocycles. The fourth-order valence-electron chi connectivity index (χ4n) is 1.93. The summed E-state index contributed by atoms with van der Waals surface area (Å²) in [6.45, 7) is 1.90. The SMILES string of the molecule is CCc1occc1C(=O)C(C#N)c1ccc(Cl)cc1. The number of hydrogen-bond acceptors (Lipinski definition) is 3. The van der Waals surface area contributed by atoms with E-state index in [2.05, 4.69) is 0 Å². The summed E-state index contributed by atoms with van der Waals surface area (Å²) in [5.74, 6) is -0.463. The lowest BCUT2D eigenvalue weighted by Gasteiger charge is -2.08. The molecule has 0 fully saturated rings. The van der Waals surface area contributed by atoms with Crippen molar-refractivity contribution in [2.45, 2.75) is 19.3 Å². The molecule has 1 unspecified atom stereocenters. The maximum Gasteiger partial charge on any atom is 0.187 e. The third-order valence-electron chi connectivity index (χ3n) is 2.93. The minimum Gasteiger partial charge on any atom is -0.469 e. The summed E-state index contributed by atoms with van der Waals surface area (Å²) < 4.78 is 5.23. The number of nitrogens with zero attached hydrogens (tertiary/aromatic N) is 1. The predicted molar refractivity (Wildman–Crippen MR) is 72.2 cm³/mol. The second-order valence-corrected chi connectivity index (χ2v) is 4.53. The molecule has 0 radical (unpaired) electrons. The van der Waals surface area contributed by atoms with Gasteiger partial charge in [0.15, 0.2) is 5.78 Å². The Morgan fingerprint density at radius 1 is 1.37 bits per heavy atom. The van der Waals surface area contributed by atoms with Gasteiger partial charge in [0.1, 0.15) is 11.7 Å². The van der Waals surface area contributed by atoms with Gasteiger partial charge in [-0.3, -0.25) is 4.79 Å². The van der Waals surface area contributed by atoms with Crippen molar-refractivity contribution in [1.29, 1.82) is 5.26 Å². The van der Waals surface area contributed by atoms with Crippen LogP contribution in [0.5, 0.6) is 0 Å². The molecule has 1 heterocycles. The first kappa shape index (κ1) is 13.4.